The van der Waals surface area contributed by atoms with Gasteiger partial charge in [-0.2, -0.15) is 0 Å². The number of rotatable bonds is 6. The van der Waals surface area contributed by atoms with Gasteiger partial charge in [-0.1, -0.05) is 0 Å². The second-order valence-electron chi connectivity index (χ2n) is 3.07. The average Bonchev–Trinajstić information content (AvgIpc) is 1.93. The normalized spacial score (nSPS) is 14.6. The van der Waals surface area contributed by atoms with Gasteiger partial charge in [-0.3, -0.25) is 0 Å². The van der Waals surface area contributed by atoms with Crippen LogP contribution >= 0.6 is 100 Å². The van der Waals surface area contributed by atoms with Crippen molar-refractivity contribution in [2.75, 3.05) is 5.88 Å². The van der Waals surface area contributed by atoms with E-state index in [-0.39, 0.29) is 0 Å². The van der Waals surface area contributed by atoms with Gasteiger partial charge in [0, 0.05) is 5.88 Å². The van der Waals surface area contributed by atoms with Gasteiger partial charge in [-0.15, -0.1) is 100 Å². The molecule has 0 saturated carbocycles. The Morgan fingerprint density at radius 2 is 1.12 bits per heavy atom. The second kappa shape index (κ2) is 7.32. The first kappa shape index (κ1) is 19.3. The predicted octanol–water partition coefficient (Wildman–Crippen LogP) is 6.29. The molecule has 0 heterocycles. The summed E-state index contributed by atoms with van der Waals surface area (Å²) in [7, 11) is 0. The number of hydrogen-bond donors (Lipinski definition) is 0. The smallest absolute Gasteiger partial charge is 0.146 e. The Morgan fingerprint density at radius 1 is 0.750 bits per heavy atom. The highest BCUT2D eigenvalue weighted by Crippen LogP contribution is 2.55. The fraction of sp³-hybridized carbons (Fsp3) is 1.00. The summed E-state index contributed by atoms with van der Waals surface area (Å²) in [5.41, 5.74) is 0. The Morgan fingerprint density at radius 3 is 1.38 bits per heavy atom. The first-order valence-corrected chi connectivity index (χ1v) is 19.1. The van der Waals surface area contributed by atoms with Crippen molar-refractivity contribution in [2.45, 2.75) is 17.3 Å². The number of hydrogen-bond acceptors (Lipinski definition) is 0. The molecule has 0 saturated heterocycles. The maximum Gasteiger partial charge on any atom is 0.345 e. The van der Waals surface area contributed by atoms with E-state index in [1.165, 1.54) is 0 Å². The monoisotopic (exact) mass is 454 g/mol. The molecule has 0 radical (unpaired) electrons. The summed E-state index contributed by atoms with van der Waals surface area (Å²) < 4.78 is 0. The zero-order valence-corrected chi connectivity index (χ0v) is 17.4. The van der Waals surface area contributed by atoms with Crippen molar-refractivity contribution in [3.8, 4) is 0 Å². The van der Waals surface area contributed by atoms with Crippen molar-refractivity contribution < 1.29 is 0 Å². The van der Waals surface area contributed by atoms with E-state index in [1.54, 1.807) is 0 Å². The predicted molar refractivity (Wildman–Crippen MR) is 88.0 cm³/mol. The summed E-state index contributed by atoms with van der Waals surface area (Å²) in [6, 6.07) is -6.09. The Kier molecular flexibility index (Phi) is 8.81. The molecular formula is C4H7Cl9Si3. The van der Waals surface area contributed by atoms with Gasteiger partial charge in [-0.25, -0.2) is 0 Å². The third kappa shape index (κ3) is 6.62. The molecule has 0 atom stereocenters. The van der Waals surface area contributed by atoms with Gasteiger partial charge in [0.05, 0.1) is 4.79 Å². The highest BCUT2D eigenvalue weighted by Gasteiger charge is 2.62. The molecule has 0 N–H and O–H groups in total. The summed E-state index contributed by atoms with van der Waals surface area (Å²) in [5.74, 6) is 0.420. The van der Waals surface area contributed by atoms with Gasteiger partial charge in [0.25, 0.3) is 6.69 Å². The van der Waals surface area contributed by atoms with Crippen LogP contribution in [0.2, 0.25) is 10.8 Å². The van der Waals surface area contributed by atoms with Crippen molar-refractivity contribution in [3.63, 3.8) is 0 Å². The van der Waals surface area contributed by atoms with Crippen LogP contribution in [0.15, 0.2) is 0 Å². The van der Waals surface area contributed by atoms with Crippen molar-refractivity contribution >= 4 is 119 Å². The lowest BCUT2D eigenvalue weighted by atomic mass is 10.6. The van der Waals surface area contributed by atoms with Crippen LogP contribution in [-0.2, 0) is 0 Å². The van der Waals surface area contributed by atoms with Crippen LogP contribution in [0.1, 0.15) is 6.42 Å². The molecule has 0 aliphatic rings. The SMILES string of the molecule is ClCCC[Si](Cl)(Cl)C([Si](Cl)(Cl)Cl)[Si](Cl)(Cl)Cl. The zero-order valence-electron chi connectivity index (χ0n) is 7.60. The van der Waals surface area contributed by atoms with E-state index in [4.69, 9.17) is 100 Å². The maximum atomic E-state index is 6.26. The topological polar surface area (TPSA) is 0 Å². The van der Waals surface area contributed by atoms with Crippen molar-refractivity contribution in [3.05, 3.63) is 0 Å². The first-order chi connectivity index (χ1) is 6.93. The summed E-state index contributed by atoms with van der Waals surface area (Å²) in [6.45, 7) is -2.93. The molecule has 98 valence electrons. The van der Waals surface area contributed by atoms with Crippen LogP contribution in [0, 0.1) is 0 Å². The van der Waals surface area contributed by atoms with Crippen LogP contribution in [0.4, 0.5) is 0 Å². The van der Waals surface area contributed by atoms with E-state index >= 15 is 0 Å². The summed E-state index contributed by atoms with van der Waals surface area (Å²) >= 11 is 53.7. The molecule has 0 aliphatic heterocycles. The van der Waals surface area contributed by atoms with Gasteiger partial charge < -0.3 is 0 Å². The molecular weight excluding hydrogens is 451 g/mol. The molecule has 0 rings (SSSR count). The van der Waals surface area contributed by atoms with E-state index in [9.17, 15) is 0 Å². The van der Waals surface area contributed by atoms with E-state index < -0.39 is 23.5 Å². The van der Waals surface area contributed by atoms with E-state index in [0.717, 1.165) is 0 Å². The molecule has 0 amide bonds. The van der Waals surface area contributed by atoms with Gasteiger partial charge in [0.15, 0.2) is 0 Å². The Bertz CT molecular complexity index is 206. The lowest BCUT2D eigenvalue weighted by molar-refractivity contribution is 1.07. The minimum absolute atomic E-state index is 0.420. The van der Waals surface area contributed by atoms with E-state index in [0.29, 0.717) is 18.3 Å². The summed E-state index contributed by atoms with van der Waals surface area (Å²) in [4.78, 5) is -0.769. The van der Waals surface area contributed by atoms with Crippen molar-refractivity contribution in [2.24, 2.45) is 0 Å². The molecule has 0 aromatic heterocycles. The van der Waals surface area contributed by atoms with E-state index in [1.807, 2.05) is 0 Å². The summed E-state index contributed by atoms with van der Waals surface area (Å²) in [6.07, 6.45) is 0.613. The second-order valence-corrected chi connectivity index (χ2v) is 29.9. The van der Waals surface area contributed by atoms with Crippen LogP contribution < -0.4 is 0 Å². The quantitative estimate of drug-likeness (QED) is 0.249. The molecule has 0 unspecified atom stereocenters. The number of halogens is 9. The Balaban J connectivity index is 5.04. The zero-order chi connectivity index (χ0) is 13.2. The minimum Gasteiger partial charge on any atom is -0.146 e. The minimum atomic E-state index is -3.27. The third-order valence-corrected chi connectivity index (χ3v) is 28.5. The molecule has 0 fully saturated rings. The molecule has 0 nitrogen and oxygen atoms in total. The summed E-state index contributed by atoms with van der Waals surface area (Å²) in [5, 5.41) is 0. The number of alkyl halides is 1. The van der Waals surface area contributed by atoms with Gasteiger partial charge in [0.1, 0.15) is 0 Å². The van der Waals surface area contributed by atoms with Crippen LogP contribution in [0.25, 0.3) is 0 Å². The van der Waals surface area contributed by atoms with Crippen molar-refractivity contribution in [1.82, 2.24) is 0 Å². The average molecular weight is 458 g/mol. The van der Waals surface area contributed by atoms with Crippen molar-refractivity contribution in [1.29, 1.82) is 0 Å². The first-order valence-electron chi connectivity index (χ1n) is 4.00. The molecule has 16 heavy (non-hydrogen) atoms. The van der Waals surface area contributed by atoms with Crippen LogP contribution in [0.5, 0.6) is 0 Å². The Hall–Kier alpha value is 3.26. The van der Waals surface area contributed by atoms with Gasteiger partial charge >= 0.3 is 12.0 Å². The molecule has 0 spiro atoms. The highest BCUT2D eigenvalue weighted by molar-refractivity contribution is 7.81. The van der Waals surface area contributed by atoms with E-state index in [2.05, 4.69) is 0 Å². The fourth-order valence-corrected chi connectivity index (χ4v) is 44.7. The Labute approximate surface area is 140 Å². The molecule has 0 aliphatic carbocycles. The van der Waals surface area contributed by atoms with Crippen LogP contribution in [-0.4, -0.2) is 24.6 Å². The lowest BCUT2D eigenvalue weighted by Crippen LogP contribution is -2.48. The van der Waals surface area contributed by atoms with Gasteiger partial charge in [0.2, 0.25) is 0 Å². The molecule has 12 heteroatoms. The maximum absolute atomic E-state index is 6.26. The fourth-order valence-electron chi connectivity index (χ4n) is 1.11. The highest BCUT2D eigenvalue weighted by atomic mass is 35.8. The van der Waals surface area contributed by atoms with Gasteiger partial charge in [-0.05, 0) is 12.5 Å². The molecule has 0 aromatic carbocycles. The lowest BCUT2D eigenvalue weighted by Gasteiger charge is -2.34. The molecule has 0 aromatic rings. The third-order valence-electron chi connectivity index (χ3n) is 1.72. The largest absolute Gasteiger partial charge is 0.345 e. The molecule has 0 bridgehead atoms. The van der Waals surface area contributed by atoms with Crippen LogP contribution in [0.3, 0.4) is 0 Å². The standard InChI is InChI=1S/C4H7Cl9Si3/c5-2-1-3-14(6,7)4(15(8,9)10)16(11,12)13/h4H,1-3H2.